The molecule has 1 saturated carbocycles. The molecule has 0 saturated heterocycles. The normalized spacial score (nSPS) is 29.2. The summed E-state index contributed by atoms with van der Waals surface area (Å²) in [7, 11) is 2.30. The molecule has 0 aliphatic heterocycles. The van der Waals surface area contributed by atoms with E-state index >= 15 is 0 Å². The second kappa shape index (κ2) is 7.49. The molecule has 0 radical (unpaired) electrons. The van der Waals surface area contributed by atoms with Crippen molar-refractivity contribution in [2.75, 3.05) is 33.2 Å². The van der Waals surface area contributed by atoms with Gasteiger partial charge in [0.15, 0.2) is 0 Å². The van der Waals surface area contributed by atoms with Gasteiger partial charge in [0.2, 0.25) is 0 Å². The van der Waals surface area contributed by atoms with Crippen LogP contribution in [0.4, 0.5) is 0 Å². The fourth-order valence-electron chi connectivity index (χ4n) is 3.78. The molecular formula is C16H34N2. The Hall–Kier alpha value is -0.0800. The van der Waals surface area contributed by atoms with E-state index in [0.29, 0.717) is 5.41 Å². The summed E-state index contributed by atoms with van der Waals surface area (Å²) < 4.78 is 0. The van der Waals surface area contributed by atoms with Gasteiger partial charge in [-0.3, -0.25) is 0 Å². The van der Waals surface area contributed by atoms with Gasteiger partial charge in [-0.1, -0.05) is 40.5 Å². The van der Waals surface area contributed by atoms with Crippen LogP contribution in [-0.4, -0.2) is 38.1 Å². The molecule has 18 heavy (non-hydrogen) atoms. The van der Waals surface area contributed by atoms with Gasteiger partial charge >= 0.3 is 0 Å². The molecule has 0 spiro atoms. The standard InChI is InChI=1S/C16H34N2/c1-6-17-12-16(9-7-8-15(4)10-16)13-18(5)11-14(2)3/h14-15,17H,6-13H2,1-5H3. The second-order valence-corrected chi connectivity index (χ2v) is 7.07. The van der Waals surface area contributed by atoms with Crippen molar-refractivity contribution < 1.29 is 0 Å². The third-order valence-corrected chi connectivity index (χ3v) is 4.22. The van der Waals surface area contributed by atoms with Crippen molar-refractivity contribution in [3.63, 3.8) is 0 Å². The maximum Gasteiger partial charge on any atom is 0.00473 e. The van der Waals surface area contributed by atoms with Crippen LogP contribution in [0.5, 0.6) is 0 Å². The topological polar surface area (TPSA) is 15.3 Å². The maximum absolute atomic E-state index is 3.61. The molecule has 108 valence electrons. The Balaban J connectivity index is 2.58. The van der Waals surface area contributed by atoms with Gasteiger partial charge < -0.3 is 10.2 Å². The highest BCUT2D eigenvalue weighted by Crippen LogP contribution is 2.39. The van der Waals surface area contributed by atoms with E-state index in [4.69, 9.17) is 0 Å². The van der Waals surface area contributed by atoms with E-state index in [0.717, 1.165) is 18.4 Å². The van der Waals surface area contributed by atoms with Crippen LogP contribution < -0.4 is 5.32 Å². The molecular weight excluding hydrogens is 220 g/mol. The summed E-state index contributed by atoms with van der Waals surface area (Å²) in [5.41, 5.74) is 0.525. The molecule has 0 aromatic rings. The lowest BCUT2D eigenvalue weighted by atomic mass is 9.69. The number of nitrogens with zero attached hydrogens (tertiary/aromatic N) is 1. The zero-order chi connectivity index (χ0) is 13.6. The molecule has 0 bridgehead atoms. The highest BCUT2D eigenvalue weighted by Gasteiger charge is 2.35. The molecule has 1 aliphatic carbocycles. The molecule has 1 N–H and O–H groups in total. The molecule has 0 amide bonds. The Morgan fingerprint density at radius 2 is 2.11 bits per heavy atom. The van der Waals surface area contributed by atoms with E-state index in [1.165, 1.54) is 45.3 Å². The lowest BCUT2D eigenvalue weighted by Crippen LogP contribution is -2.46. The van der Waals surface area contributed by atoms with Crippen LogP contribution in [0, 0.1) is 17.3 Å². The van der Waals surface area contributed by atoms with Crippen molar-refractivity contribution in [1.29, 1.82) is 0 Å². The molecule has 1 rings (SSSR count). The zero-order valence-corrected chi connectivity index (χ0v) is 13.3. The van der Waals surface area contributed by atoms with Gasteiger partial charge in [0.25, 0.3) is 0 Å². The Labute approximate surface area is 115 Å². The van der Waals surface area contributed by atoms with Crippen LogP contribution >= 0.6 is 0 Å². The van der Waals surface area contributed by atoms with Gasteiger partial charge in [0, 0.05) is 19.6 Å². The first-order chi connectivity index (χ1) is 8.47. The summed E-state index contributed by atoms with van der Waals surface area (Å²) in [6.07, 6.45) is 5.67. The van der Waals surface area contributed by atoms with E-state index in [9.17, 15) is 0 Å². The predicted molar refractivity (Wildman–Crippen MR) is 80.9 cm³/mol. The summed E-state index contributed by atoms with van der Waals surface area (Å²) in [5, 5.41) is 3.61. The molecule has 2 heteroatoms. The Morgan fingerprint density at radius 1 is 1.39 bits per heavy atom. The lowest BCUT2D eigenvalue weighted by molar-refractivity contribution is 0.0876. The largest absolute Gasteiger partial charge is 0.316 e. The molecule has 2 atom stereocenters. The van der Waals surface area contributed by atoms with Crippen LogP contribution in [0.15, 0.2) is 0 Å². The summed E-state index contributed by atoms with van der Waals surface area (Å²) >= 11 is 0. The van der Waals surface area contributed by atoms with E-state index in [-0.39, 0.29) is 0 Å². The van der Waals surface area contributed by atoms with E-state index < -0.39 is 0 Å². The maximum atomic E-state index is 3.61. The Morgan fingerprint density at radius 3 is 2.67 bits per heavy atom. The highest BCUT2D eigenvalue weighted by molar-refractivity contribution is 4.89. The van der Waals surface area contributed by atoms with Crippen LogP contribution in [0.3, 0.4) is 0 Å². The van der Waals surface area contributed by atoms with E-state index in [1.807, 2.05) is 0 Å². The van der Waals surface area contributed by atoms with Crippen molar-refractivity contribution in [2.24, 2.45) is 17.3 Å². The van der Waals surface area contributed by atoms with Crippen LogP contribution in [0.2, 0.25) is 0 Å². The lowest BCUT2D eigenvalue weighted by Gasteiger charge is -2.43. The van der Waals surface area contributed by atoms with Gasteiger partial charge in [0.1, 0.15) is 0 Å². The number of hydrogen-bond donors (Lipinski definition) is 1. The number of hydrogen-bond acceptors (Lipinski definition) is 2. The number of rotatable bonds is 7. The molecule has 0 aromatic heterocycles. The average Bonchev–Trinajstić information content (AvgIpc) is 2.25. The predicted octanol–water partition coefficient (Wildman–Crippen LogP) is 3.38. The SMILES string of the molecule is CCNCC1(CN(C)CC(C)C)CCCC(C)C1. The van der Waals surface area contributed by atoms with Crippen molar-refractivity contribution >= 4 is 0 Å². The van der Waals surface area contributed by atoms with E-state index in [2.05, 4.69) is 45.0 Å². The summed E-state index contributed by atoms with van der Waals surface area (Å²) in [6, 6.07) is 0. The van der Waals surface area contributed by atoms with Gasteiger partial charge in [-0.15, -0.1) is 0 Å². The van der Waals surface area contributed by atoms with Crippen molar-refractivity contribution in [3.05, 3.63) is 0 Å². The minimum Gasteiger partial charge on any atom is -0.316 e. The van der Waals surface area contributed by atoms with Gasteiger partial charge in [-0.05, 0) is 43.7 Å². The smallest absolute Gasteiger partial charge is 0.00473 e. The first-order valence-corrected chi connectivity index (χ1v) is 7.86. The van der Waals surface area contributed by atoms with Crippen LogP contribution in [-0.2, 0) is 0 Å². The molecule has 1 fully saturated rings. The summed E-state index contributed by atoms with van der Waals surface area (Å²) in [6.45, 7) is 14.1. The summed E-state index contributed by atoms with van der Waals surface area (Å²) in [5.74, 6) is 1.68. The van der Waals surface area contributed by atoms with Gasteiger partial charge in [-0.2, -0.15) is 0 Å². The van der Waals surface area contributed by atoms with Gasteiger partial charge in [-0.25, -0.2) is 0 Å². The van der Waals surface area contributed by atoms with Crippen LogP contribution in [0.25, 0.3) is 0 Å². The molecule has 2 nitrogen and oxygen atoms in total. The minimum absolute atomic E-state index is 0.525. The molecule has 1 aliphatic rings. The van der Waals surface area contributed by atoms with Gasteiger partial charge in [0.05, 0.1) is 0 Å². The minimum atomic E-state index is 0.525. The van der Waals surface area contributed by atoms with Crippen LogP contribution in [0.1, 0.15) is 53.4 Å². The fraction of sp³-hybridized carbons (Fsp3) is 1.00. The molecule has 2 unspecified atom stereocenters. The fourth-order valence-corrected chi connectivity index (χ4v) is 3.78. The van der Waals surface area contributed by atoms with Crippen molar-refractivity contribution in [3.8, 4) is 0 Å². The quantitative estimate of drug-likeness (QED) is 0.749. The third-order valence-electron chi connectivity index (χ3n) is 4.22. The monoisotopic (exact) mass is 254 g/mol. The highest BCUT2D eigenvalue weighted by atomic mass is 15.1. The molecule has 0 aromatic carbocycles. The van der Waals surface area contributed by atoms with Crippen molar-refractivity contribution in [1.82, 2.24) is 10.2 Å². The number of nitrogens with one attached hydrogen (secondary N) is 1. The van der Waals surface area contributed by atoms with Crippen molar-refractivity contribution in [2.45, 2.75) is 53.4 Å². The zero-order valence-electron chi connectivity index (χ0n) is 13.3. The van der Waals surface area contributed by atoms with E-state index in [1.54, 1.807) is 0 Å². The summed E-state index contributed by atoms with van der Waals surface area (Å²) in [4.78, 5) is 2.56. The molecule has 0 heterocycles. The third kappa shape index (κ3) is 5.27. The Kier molecular flexibility index (Phi) is 6.65. The second-order valence-electron chi connectivity index (χ2n) is 7.07. The first-order valence-electron chi connectivity index (χ1n) is 7.86. The average molecular weight is 254 g/mol. The Bertz CT molecular complexity index is 227. The first kappa shape index (κ1) is 16.0.